The molecule has 1 heterocycles. The van der Waals surface area contributed by atoms with Gasteiger partial charge in [0.15, 0.2) is 0 Å². The van der Waals surface area contributed by atoms with Crippen LogP contribution in [-0.4, -0.2) is 29.3 Å². The van der Waals surface area contributed by atoms with E-state index in [1.54, 1.807) is 0 Å². The van der Waals surface area contributed by atoms with Gasteiger partial charge in [-0.05, 0) is 73.9 Å². The fraction of sp³-hybridized carbons (Fsp3) is 0.458. The first-order valence-electron chi connectivity index (χ1n) is 10.2. The van der Waals surface area contributed by atoms with Gasteiger partial charge >= 0.3 is 0 Å². The first kappa shape index (κ1) is 17.5. The molecule has 3 aliphatic carbocycles. The van der Waals surface area contributed by atoms with E-state index in [9.17, 15) is 4.79 Å². The summed E-state index contributed by atoms with van der Waals surface area (Å²) in [5.41, 5.74) is 2.65. The van der Waals surface area contributed by atoms with Crippen LogP contribution in [0.15, 0.2) is 54.6 Å². The second-order valence-electron chi connectivity index (χ2n) is 8.67. The number of Topliss-reactive ketones (excluding diaryl/α,β-unsaturated/α-hetero) is 1. The standard InChI is InChI=1S/C24H26ClNO/c25-19-10-8-18(9-11-19)21-15-24(26-12-4-5-13-26)14-20(23(21)22(27)16-24)17-6-2-1-3-7-17/h1-3,6-11,20-21,23H,4-5,12-16H2. The highest BCUT2D eigenvalue weighted by molar-refractivity contribution is 6.30. The van der Waals surface area contributed by atoms with E-state index in [1.807, 2.05) is 12.1 Å². The van der Waals surface area contributed by atoms with E-state index in [4.69, 9.17) is 11.6 Å². The molecule has 4 fully saturated rings. The second-order valence-corrected chi connectivity index (χ2v) is 9.11. The van der Waals surface area contributed by atoms with Crippen molar-refractivity contribution in [3.8, 4) is 0 Å². The highest BCUT2D eigenvalue weighted by atomic mass is 35.5. The predicted octanol–water partition coefficient (Wildman–Crippen LogP) is 5.42. The average Bonchev–Trinajstić information content (AvgIpc) is 3.25. The molecule has 3 saturated carbocycles. The molecular formula is C24H26ClNO. The Morgan fingerprint density at radius 3 is 2.07 bits per heavy atom. The smallest absolute Gasteiger partial charge is 0.139 e. The number of hydrogen-bond donors (Lipinski definition) is 0. The van der Waals surface area contributed by atoms with E-state index in [0.717, 1.165) is 37.4 Å². The second kappa shape index (κ2) is 6.76. The summed E-state index contributed by atoms with van der Waals surface area (Å²) in [7, 11) is 0. The molecule has 27 heavy (non-hydrogen) atoms. The summed E-state index contributed by atoms with van der Waals surface area (Å²) in [5.74, 6) is 1.18. The summed E-state index contributed by atoms with van der Waals surface area (Å²) in [5, 5.41) is 0.764. The molecule has 1 aliphatic heterocycles. The summed E-state index contributed by atoms with van der Waals surface area (Å²) >= 11 is 6.14. The van der Waals surface area contributed by atoms with Crippen molar-refractivity contribution in [3.63, 3.8) is 0 Å². The van der Waals surface area contributed by atoms with Gasteiger partial charge in [0.1, 0.15) is 5.78 Å². The number of nitrogens with zero attached hydrogens (tertiary/aromatic N) is 1. The fourth-order valence-corrected chi connectivity index (χ4v) is 6.22. The van der Waals surface area contributed by atoms with Gasteiger partial charge in [-0.3, -0.25) is 9.69 Å². The van der Waals surface area contributed by atoms with Gasteiger partial charge in [-0.15, -0.1) is 0 Å². The van der Waals surface area contributed by atoms with Gasteiger partial charge in [-0.1, -0.05) is 54.1 Å². The van der Waals surface area contributed by atoms with Crippen molar-refractivity contribution in [2.75, 3.05) is 13.1 Å². The number of hydrogen-bond acceptors (Lipinski definition) is 2. The van der Waals surface area contributed by atoms with Crippen LogP contribution >= 0.6 is 11.6 Å². The normalized spacial score (nSPS) is 33.5. The van der Waals surface area contributed by atoms with Crippen molar-refractivity contribution in [2.45, 2.75) is 49.5 Å². The lowest BCUT2D eigenvalue weighted by Gasteiger charge is -2.57. The number of benzene rings is 2. The summed E-state index contributed by atoms with van der Waals surface area (Å²) < 4.78 is 0. The Bertz CT molecular complexity index is 827. The summed E-state index contributed by atoms with van der Waals surface area (Å²) in [6.45, 7) is 2.29. The van der Waals surface area contributed by atoms with Gasteiger partial charge in [0.25, 0.3) is 0 Å². The minimum absolute atomic E-state index is 0.0349. The zero-order chi connectivity index (χ0) is 18.4. The van der Waals surface area contributed by atoms with E-state index in [0.29, 0.717) is 17.6 Å². The fourth-order valence-electron chi connectivity index (χ4n) is 6.09. The van der Waals surface area contributed by atoms with Gasteiger partial charge in [-0.2, -0.15) is 0 Å². The van der Waals surface area contributed by atoms with Crippen molar-refractivity contribution >= 4 is 17.4 Å². The molecule has 0 aromatic heterocycles. The topological polar surface area (TPSA) is 20.3 Å². The number of carbonyl (C=O) groups excluding carboxylic acids is 1. The molecule has 4 unspecified atom stereocenters. The number of ketones is 1. The third-order valence-electron chi connectivity index (χ3n) is 7.24. The number of halogens is 1. The molecule has 2 aromatic rings. The highest BCUT2D eigenvalue weighted by Gasteiger charge is 2.57. The van der Waals surface area contributed by atoms with Gasteiger partial charge in [0.05, 0.1) is 0 Å². The van der Waals surface area contributed by atoms with Crippen LogP contribution in [0.2, 0.25) is 5.02 Å². The maximum Gasteiger partial charge on any atom is 0.139 e. The van der Waals surface area contributed by atoms with E-state index < -0.39 is 0 Å². The van der Waals surface area contributed by atoms with Gasteiger partial charge in [0, 0.05) is 22.9 Å². The molecule has 3 heteroatoms. The van der Waals surface area contributed by atoms with E-state index >= 15 is 0 Å². The van der Waals surface area contributed by atoms with Crippen molar-refractivity contribution < 1.29 is 4.79 Å². The van der Waals surface area contributed by atoms with E-state index in [2.05, 4.69) is 47.4 Å². The third kappa shape index (κ3) is 2.94. The van der Waals surface area contributed by atoms with Crippen molar-refractivity contribution in [1.29, 1.82) is 0 Å². The van der Waals surface area contributed by atoms with Crippen LogP contribution in [0.5, 0.6) is 0 Å². The van der Waals surface area contributed by atoms with E-state index in [-0.39, 0.29) is 11.5 Å². The number of rotatable bonds is 3. The number of likely N-dealkylation sites (tertiary alicyclic amines) is 1. The van der Waals surface area contributed by atoms with Crippen LogP contribution in [0.3, 0.4) is 0 Å². The molecule has 1 saturated heterocycles. The Kier molecular flexibility index (Phi) is 4.37. The minimum Gasteiger partial charge on any atom is -0.299 e. The first-order chi connectivity index (χ1) is 13.2. The maximum absolute atomic E-state index is 13.4. The quantitative estimate of drug-likeness (QED) is 0.709. The zero-order valence-corrected chi connectivity index (χ0v) is 16.4. The average molecular weight is 380 g/mol. The van der Waals surface area contributed by atoms with Crippen molar-refractivity contribution in [3.05, 3.63) is 70.7 Å². The minimum atomic E-state index is 0.0349. The molecular weight excluding hydrogens is 354 g/mol. The SMILES string of the molecule is O=C1CC2(N3CCCC3)CC(c3ccccc3)C1C(c1ccc(Cl)cc1)C2. The van der Waals surface area contributed by atoms with Crippen molar-refractivity contribution in [2.24, 2.45) is 5.92 Å². The van der Waals surface area contributed by atoms with Gasteiger partial charge in [0.2, 0.25) is 0 Å². The molecule has 2 bridgehead atoms. The largest absolute Gasteiger partial charge is 0.299 e. The molecule has 4 atom stereocenters. The van der Waals surface area contributed by atoms with Crippen molar-refractivity contribution in [1.82, 2.24) is 4.90 Å². The van der Waals surface area contributed by atoms with Crippen LogP contribution < -0.4 is 0 Å². The lowest BCUT2D eigenvalue weighted by Crippen LogP contribution is -2.60. The lowest BCUT2D eigenvalue weighted by molar-refractivity contribution is -0.139. The Morgan fingerprint density at radius 2 is 1.44 bits per heavy atom. The summed E-state index contributed by atoms with van der Waals surface area (Å²) in [6, 6.07) is 19.0. The molecule has 6 rings (SSSR count). The molecule has 2 nitrogen and oxygen atoms in total. The molecule has 0 radical (unpaired) electrons. The van der Waals surface area contributed by atoms with Crippen LogP contribution in [0.4, 0.5) is 0 Å². The lowest BCUT2D eigenvalue weighted by atomic mass is 9.52. The summed E-state index contributed by atoms with van der Waals surface area (Å²) in [4.78, 5) is 16.1. The molecule has 0 N–H and O–H groups in total. The molecule has 0 amide bonds. The molecule has 0 spiro atoms. The number of carbonyl (C=O) groups is 1. The highest BCUT2D eigenvalue weighted by Crippen LogP contribution is 2.58. The molecule has 2 aromatic carbocycles. The Labute approximate surface area is 166 Å². The third-order valence-corrected chi connectivity index (χ3v) is 7.50. The van der Waals surface area contributed by atoms with Crippen LogP contribution in [0.1, 0.15) is 55.1 Å². The zero-order valence-electron chi connectivity index (χ0n) is 15.6. The Hall–Kier alpha value is -1.64. The number of fused-ring (bicyclic) bond motifs is 3. The van der Waals surface area contributed by atoms with Gasteiger partial charge < -0.3 is 0 Å². The first-order valence-corrected chi connectivity index (χ1v) is 10.6. The monoisotopic (exact) mass is 379 g/mol. The Morgan fingerprint density at radius 1 is 0.852 bits per heavy atom. The van der Waals surface area contributed by atoms with E-state index in [1.165, 1.54) is 24.0 Å². The van der Waals surface area contributed by atoms with Crippen LogP contribution in [0.25, 0.3) is 0 Å². The van der Waals surface area contributed by atoms with Crippen LogP contribution in [-0.2, 0) is 4.79 Å². The molecule has 140 valence electrons. The molecule has 4 aliphatic rings. The summed E-state index contributed by atoms with van der Waals surface area (Å²) in [6.07, 6.45) is 5.50. The predicted molar refractivity (Wildman–Crippen MR) is 109 cm³/mol. The maximum atomic E-state index is 13.4. The Balaban J connectivity index is 1.60. The van der Waals surface area contributed by atoms with Crippen LogP contribution in [0, 0.1) is 5.92 Å². The van der Waals surface area contributed by atoms with Gasteiger partial charge in [-0.25, -0.2) is 0 Å².